The number of allylic oxidation sites excluding steroid dienone is 4. The monoisotopic (exact) mass is 453 g/mol. The van der Waals surface area contributed by atoms with E-state index in [0.717, 1.165) is 51.4 Å². The number of rotatable bonds is 6. The van der Waals surface area contributed by atoms with Crippen LogP contribution in [0.1, 0.15) is 12.8 Å². The molecule has 1 saturated carbocycles. The van der Waals surface area contributed by atoms with Gasteiger partial charge in [-0.15, -0.1) is 0 Å². The molecule has 2 amide bonds. The maximum atomic E-state index is 13.1. The summed E-state index contributed by atoms with van der Waals surface area (Å²) in [4.78, 5) is 40.9. The Bertz CT molecular complexity index is 948. The smallest absolute Gasteiger partial charge is 0.233 e. The summed E-state index contributed by atoms with van der Waals surface area (Å²) < 4.78 is 0. The van der Waals surface area contributed by atoms with E-state index in [9.17, 15) is 9.59 Å². The van der Waals surface area contributed by atoms with Crippen LogP contribution in [-0.4, -0.2) is 70.9 Å². The summed E-state index contributed by atoms with van der Waals surface area (Å²) in [5.41, 5.74) is 0. The van der Waals surface area contributed by atoms with Crippen LogP contribution in [0.2, 0.25) is 5.15 Å². The van der Waals surface area contributed by atoms with Crippen molar-refractivity contribution in [3.63, 3.8) is 0 Å². The van der Waals surface area contributed by atoms with Crippen LogP contribution < -0.4 is 4.90 Å². The molecule has 3 fully saturated rings. The van der Waals surface area contributed by atoms with E-state index in [-0.39, 0.29) is 35.5 Å². The van der Waals surface area contributed by atoms with Crippen molar-refractivity contribution in [1.82, 2.24) is 19.8 Å². The first-order chi connectivity index (χ1) is 15.6. The predicted octanol–water partition coefficient (Wildman–Crippen LogP) is 2.25. The number of amides is 2. The number of anilines is 1. The Morgan fingerprint density at radius 3 is 2.00 bits per heavy atom. The molecular weight excluding hydrogens is 426 g/mol. The van der Waals surface area contributed by atoms with Gasteiger partial charge in [0.1, 0.15) is 11.0 Å². The average molecular weight is 454 g/mol. The van der Waals surface area contributed by atoms with Gasteiger partial charge in [-0.25, -0.2) is 4.98 Å². The molecule has 1 aromatic heterocycles. The van der Waals surface area contributed by atoms with E-state index in [1.165, 1.54) is 0 Å². The Hall–Kier alpha value is -2.25. The van der Waals surface area contributed by atoms with Gasteiger partial charge in [0.05, 0.1) is 24.2 Å². The van der Waals surface area contributed by atoms with Crippen LogP contribution in [-0.2, 0) is 9.59 Å². The summed E-state index contributed by atoms with van der Waals surface area (Å²) >= 11 is 5.96. The largest absolute Gasteiger partial charge is 0.353 e. The van der Waals surface area contributed by atoms with Gasteiger partial charge < -0.3 is 4.90 Å². The fraction of sp³-hybridized carbons (Fsp3) is 0.583. The van der Waals surface area contributed by atoms with Crippen molar-refractivity contribution in [3.8, 4) is 0 Å². The first-order valence-corrected chi connectivity index (χ1v) is 12.2. The lowest BCUT2D eigenvalue weighted by Gasteiger charge is -2.51. The second kappa shape index (κ2) is 7.96. The van der Waals surface area contributed by atoms with Crippen molar-refractivity contribution in [2.45, 2.75) is 12.8 Å². The molecule has 0 spiro atoms. The van der Waals surface area contributed by atoms with Crippen molar-refractivity contribution >= 4 is 29.2 Å². The van der Waals surface area contributed by atoms with Crippen LogP contribution in [0.15, 0.2) is 36.7 Å². The standard InChI is InChI=1S/C24H28ClN5O2/c25-19-13-26-14-20(27-19)29-11-9-28(10-12-29)7-1-2-8-30-23(31)21-17-5-6-18(22(21)24(30)32)16-4-3-15(16)17/h3-6,13-18,21-22H,1-2,7-12H2/t15-,16+,17?,18?,21-,22+. The number of piperazine rings is 1. The number of unbranched alkanes of at least 4 members (excludes halogenated alkanes) is 1. The van der Waals surface area contributed by atoms with E-state index in [2.05, 4.69) is 44.1 Å². The number of imide groups is 1. The second-order valence-electron chi connectivity index (χ2n) is 9.69. The van der Waals surface area contributed by atoms with E-state index in [1.807, 2.05) is 0 Å². The van der Waals surface area contributed by atoms with E-state index < -0.39 is 0 Å². The van der Waals surface area contributed by atoms with Crippen molar-refractivity contribution in [2.75, 3.05) is 44.2 Å². The van der Waals surface area contributed by atoms with Crippen LogP contribution in [0.3, 0.4) is 0 Å². The first-order valence-electron chi connectivity index (χ1n) is 11.8. The van der Waals surface area contributed by atoms with Gasteiger partial charge in [0.25, 0.3) is 0 Å². The molecule has 7 rings (SSSR count). The van der Waals surface area contributed by atoms with Crippen LogP contribution in [0.25, 0.3) is 0 Å². The Labute approximate surface area is 193 Å². The SMILES string of the molecule is O=C1[C@@H]2C3C=CC([C@H]4C=C[C@@H]34)[C@@H]2C(=O)N1CCCCN1CCN(c2cncc(Cl)n2)CC1. The van der Waals surface area contributed by atoms with Gasteiger partial charge in [-0.05, 0) is 43.1 Å². The molecule has 168 valence electrons. The van der Waals surface area contributed by atoms with Crippen molar-refractivity contribution in [3.05, 3.63) is 41.9 Å². The first kappa shape index (κ1) is 20.4. The van der Waals surface area contributed by atoms with Gasteiger partial charge in [-0.3, -0.25) is 24.4 Å². The molecule has 3 heterocycles. The molecule has 8 heteroatoms. The number of halogens is 1. The highest BCUT2D eigenvalue weighted by molar-refractivity contribution is 6.29. The minimum Gasteiger partial charge on any atom is -0.353 e. The van der Waals surface area contributed by atoms with Gasteiger partial charge in [-0.2, -0.15) is 0 Å². The van der Waals surface area contributed by atoms with E-state index in [4.69, 9.17) is 11.6 Å². The Balaban J connectivity index is 0.980. The van der Waals surface area contributed by atoms with Gasteiger partial charge in [-0.1, -0.05) is 35.9 Å². The third-order valence-corrected chi connectivity index (χ3v) is 8.34. The molecule has 0 N–H and O–H groups in total. The minimum absolute atomic E-state index is 0.0781. The Morgan fingerprint density at radius 2 is 1.41 bits per heavy atom. The zero-order valence-electron chi connectivity index (χ0n) is 18.0. The molecule has 2 unspecified atom stereocenters. The maximum absolute atomic E-state index is 13.1. The van der Waals surface area contributed by atoms with E-state index in [0.29, 0.717) is 23.5 Å². The number of aromatic nitrogens is 2. The van der Waals surface area contributed by atoms with Gasteiger partial charge in [0, 0.05) is 32.7 Å². The maximum Gasteiger partial charge on any atom is 0.233 e. The Kier molecular flexibility index (Phi) is 5.06. The summed E-state index contributed by atoms with van der Waals surface area (Å²) in [6.07, 6.45) is 14.1. The molecule has 1 aromatic rings. The van der Waals surface area contributed by atoms with Gasteiger partial charge in [0.2, 0.25) is 11.8 Å². The third kappa shape index (κ3) is 3.20. The third-order valence-electron chi connectivity index (χ3n) is 8.16. The summed E-state index contributed by atoms with van der Waals surface area (Å²) in [6, 6.07) is 0. The molecule has 32 heavy (non-hydrogen) atoms. The van der Waals surface area contributed by atoms with Crippen molar-refractivity contribution in [2.24, 2.45) is 35.5 Å². The molecule has 4 aliphatic carbocycles. The summed E-state index contributed by atoms with van der Waals surface area (Å²) in [7, 11) is 0. The number of hydrogen-bond donors (Lipinski definition) is 0. The second-order valence-corrected chi connectivity index (χ2v) is 10.1. The molecule has 2 aliphatic heterocycles. The van der Waals surface area contributed by atoms with E-state index >= 15 is 0 Å². The predicted molar refractivity (Wildman–Crippen MR) is 121 cm³/mol. The molecule has 0 radical (unpaired) electrons. The molecule has 7 nitrogen and oxygen atoms in total. The summed E-state index contributed by atoms with van der Waals surface area (Å²) in [6.45, 7) is 5.26. The lowest BCUT2D eigenvalue weighted by atomic mass is 9.50. The van der Waals surface area contributed by atoms with Crippen LogP contribution >= 0.6 is 11.6 Å². The lowest BCUT2D eigenvalue weighted by Crippen LogP contribution is -2.50. The summed E-state index contributed by atoms with van der Waals surface area (Å²) in [5, 5.41) is 0.420. The highest BCUT2D eigenvalue weighted by Gasteiger charge is 2.62. The summed E-state index contributed by atoms with van der Waals surface area (Å²) in [5.74, 6) is 2.14. The topological polar surface area (TPSA) is 69.6 Å². The average Bonchev–Trinajstić information content (AvgIpc) is 3.03. The van der Waals surface area contributed by atoms with E-state index in [1.54, 1.807) is 17.3 Å². The number of nitrogens with zero attached hydrogens (tertiary/aromatic N) is 5. The molecular formula is C24H28ClN5O2. The zero-order chi connectivity index (χ0) is 21.8. The van der Waals surface area contributed by atoms with Gasteiger partial charge in [0.15, 0.2) is 0 Å². The molecule has 0 aromatic carbocycles. The van der Waals surface area contributed by atoms with Crippen molar-refractivity contribution < 1.29 is 9.59 Å². The lowest BCUT2D eigenvalue weighted by molar-refractivity contribution is -0.140. The number of hydrogen-bond acceptors (Lipinski definition) is 6. The quantitative estimate of drug-likeness (QED) is 0.374. The molecule has 2 bridgehead atoms. The fourth-order valence-electron chi connectivity index (χ4n) is 6.46. The molecule has 6 atom stereocenters. The van der Waals surface area contributed by atoms with Crippen molar-refractivity contribution in [1.29, 1.82) is 0 Å². The minimum atomic E-state index is -0.119. The highest BCUT2D eigenvalue weighted by atomic mass is 35.5. The molecule has 6 aliphatic rings. The van der Waals surface area contributed by atoms with Gasteiger partial charge >= 0.3 is 0 Å². The zero-order valence-corrected chi connectivity index (χ0v) is 18.8. The Morgan fingerprint density at radius 1 is 0.812 bits per heavy atom. The molecule has 2 saturated heterocycles. The number of likely N-dealkylation sites (tertiary alicyclic amines) is 1. The number of carbonyl (C=O) groups is 2. The number of carbonyl (C=O) groups excluding carboxylic acids is 2. The van der Waals surface area contributed by atoms with Crippen LogP contribution in [0.4, 0.5) is 5.82 Å². The van der Waals surface area contributed by atoms with Crippen LogP contribution in [0.5, 0.6) is 0 Å². The fourth-order valence-corrected chi connectivity index (χ4v) is 6.61. The normalized spacial score (nSPS) is 35.3. The van der Waals surface area contributed by atoms with Crippen LogP contribution in [0, 0.1) is 35.5 Å². The highest BCUT2D eigenvalue weighted by Crippen LogP contribution is 2.58.